The van der Waals surface area contributed by atoms with Crippen molar-refractivity contribution in [3.05, 3.63) is 234 Å². The van der Waals surface area contributed by atoms with Gasteiger partial charge in [0.1, 0.15) is 0 Å². The highest BCUT2D eigenvalue weighted by molar-refractivity contribution is 5.90. The Labute approximate surface area is 392 Å². The maximum absolute atomic E-state index is 2.52. The Morgan fingerprint density at radius 3 is 1.42 bits per heavy atom. The van der Waals surface area contributed by atoms with Crippen molar-refractivity contribution in [3.8, 4) is 33.4 Å². The number of fused-ring (bicyclic) bond motifs is 3. The van der Waals surface area contributed by atoms with Crippen LogP contribution in [0.5, 0.6) is 0 Å². The van der Waals surface area contributed by atoms with E-state index in [1.54, 1.807) is 5.56 Å². The van der Waals surface area contributed by atoms with Crippen LogP contribution in [0, 0.1) is 23.7 Å². The minimum atomic E-state index is -0.471. The topological polar surface area (TPSA) is 3.24 Å². The van der Waals surface area contributed by atoms with Crippen LogP contribution in [0.4, 0.5) is 17.1 Å². The lowest BCUT2D eigenvalue weighted by Crippen LogP contribution is -2.43. The lowest BCUT2D eigenvalue weighted by Gasteiger charge is -2.54. The second kappa shape index (κ2) is 16.5. The Morgan fingerprint density at radius 2 is 0.833 bits per heavy atom. The van der Waals surface area contributed by atoms with Crippen LogP contribution in [0.1, 0.15) is 109 Å². The summed E-state index contributed by atoms with van der Waals surface area (Å²) >= 11 is 0. The summed E-state index contributed by atoms with van der Waals surface area (Å²) in [4.78, 5) is 2.52. The lowest BCUT2D eigenvalue weighted by atomic mass is 9.51. The first-order valence-corrected chi connectivity index (χ1v) is 25.2. The minimum absolute atomic E-state index is 0.471. The van der Waals surface area contributed by atoms with Crippen LogP contribution in [0.3, 0.4) is 0 Å². The summed E-state index contributed by atoms with van der Waals surface area (Å²) in [5.74, 6) is 5.09. The SMILES string of the molecule is c1ccc(C2(c3ccccc3)c3ccccc3-c3ccc(N(c4ccc(-c5ccccc5-c5ccc(C6CCCCC6)cc5)cc4)c4ccc(C5C6CC7CC(C6)CC5C7)cc4)cc32)cc1. The van der Waals surface area contributed by atoms with Crippen molar-refractivity contribution < 1.29 is 0 Å². The third-order valence-corrected chi connectivity index (χ3v) is 17.1. The third-order valence-electron chi connectivity index (χ3n) is 17.1. The molecular weight excluding hydrogens is 795 g/mol. The molecule has 0 unspecified atom stereocenters. The fraction of sp³-hybridized carbons (Fsp3) is 0.262. The van der Waals surface area contributed by atoms with Gasteiger partial charge in [0.15, 0.2) is 0 Å². The van der Waals surface area contributed by atoms with Gasteiger partial charge in [-0.3, -0.25) is 0 Å². The zero-order valence-corrected chi connectivity index (χ0v) is 38.0. The molecule has 8 aromatic rings. The number of nitrogens with zero attached hydrogens (tertiary/aromatic N) is 1. The molecule has 0 atom stereocenters. The van der Waals surface area contributed by atoms with Crippen molar-refractivity contribution in [1.29, 1.82) is 0 Å². The monoisotopic (exact) mass is 853 g/mol. The van der Waals surface area contributed by atoms with Crippen molar-refractivity contribution in [2.45, 2.75) is 81.5 Å². The zero-order chi connectivity index (χ0) is 43.6. The number of benzene rings is 8. The largest absolute Gasteiger partial charge is 0.310 e. The normalized spacial score (nSPS) is 22.5. The molecule has 4 bridgehead atoms. The fourth-order valence-corrected chi connectivity index (χ4v) is 14.5. The molecule has 0 heterocycles. The van der Waals surface area contributed by atoms with Gasteiger partial charge < -0.3 is 4.90 Å². The molecule has 324 valence electrons. The molecule has 66 heavy (non-hydrogen) atoms. The van der Waals surface area contributed by atoms with E-state index in [4.69, 9.17) is 0 Å². The lowest BCUT2D eigenvalue weighted by molar-refractivity contribution is -0.00277. The molecule has 0 N–H and O–H groups in total. The molecule has 5 saturated carbocycles. The van der Waals surface area contributed by atoms with E-state index in [0.717, 1.165) is 29.4 Å². The summed E-state index contributed by atoms with van der Waals surface area (Å²) in [6.07, 6.45) is 14.0. The maximum atomic E-state index is 2.52. The molecule has 1 heteroatoms. The highest BCUT2D eigenvalue weighted by Crippen LogP contribution is 2.61. The fourth-order valence-electron chi connectivity index (χ4n) is 14.5. The predicted octanol–water partition coefficient (Wildman–Crippen LogP) is 17.4. The van der Waals surface area contributed by atoms with Crippen LogP contribution in [-0.4, -0.2) is 0 Å². The Balaban J connectivity index is 0.924. The predicted molar refractivity (Wildman–Crippen MR) is 275 cm³/mol. The number of hydrogen-bond donors (Lipinski definition) is 0. The van der Waals surface area contributed by atoms with Crippen LogP contribution in [0.2, 0.25) is 0 Å². The van der Waals surface area contributed by atoms with E-state index in [1.807, 2.05) is 0 Å². The molecule has 8 aromatic carbocycles. The highest BCUT2D eigenvalue weighted by Gasteiger charge is 2.49. The smallest absolute Gasteiger partial charge is 0.0714 e. The van der Waals surface area contributed by atoms with Gasteiger partial charge in [-0.15, -0.1) is 0 Å². The first-order valence-electron chi connectivity index (χ1n) is 25.2. The minimum Gasteiger partial charge on any atom is -0.310 e. The van der Waals surface area contributed by atoms with Crippen molar-refractivity contribution >= 4 is 17.1 Å². The molecule has 6 aliphatic carbocycles. The van der Waals surface area contributed by atoms with E-state index in [1.165, 1.54) is 137 Å². The summed E-state index contributed by atoms with van der Waals surface area (Å²) in [5.41, 5.74) is 19.1. The van der Waals surface area contributed by atoms with E-state index >= 15 is 0 Å². The van der Waals surface area contributed by atoms with Crippen molar-refractivity contribution in [1.82, 2.24) is 0 Å². The first kappa shape index (κ1) is 39.9. The molecule has 0 saturated heterocycles. The average Bonchev–Trinajstić information content (AvgIpc) is 3.68. The molecule has 0 amide bonds. The quantitative estimate of drug-likeness (QED) is 0.140. The standard InChI is InChI=1S/C65H59N/c1-4-14-46(15-5-1)47-24-26-48(27-25-47)58-20-10-11-21-59(58)49-28-32-55(33-29-49)66(56-34-30-50(31-35-56)64-51-39-44-38-45(41-51)42-52(64)40-44)57-36-37-61-60-22-12-13-23-62(60)65(63(61)43-57,53-16-6-2-7-17-53)54-18-8-3-9-19-54/h2-3,6-13,16-37,43-46,51-52,64H,1,4-5,14-15,38-42H2. The van der Waals surface area contributed by atoms with E-state index in [0.29, 0.717) is 11.8 Å². The molecule has 0 aliphatic heterocycles. The van der Waals surface area contributed by atoms with Gasteiger partial charge in [0.25, 0.3) is 0 Å². The number of anilines is 3. The maximum Gasteiger partial charge on any atom is 0.0714 e. The van der Waals surface area contributed by atoms with Gasteiger partial charge in [-0.05, 0) is 184 Å². The first-order chi connectivity index (χ1) is 32.7. The second-order valence-corrected chi connectivity index (χ2v) is 20.7. The summed E-state index contributed by atoms with van der Waals surface area (Å²) in [6, 6.07) is 76.6. The van der Waals surface area contributed by atoms with Crippen molar-refractivity contribution in [2.75, 3.05) is 4.90 Å². The van der Waals surface area contributed by atoms with Gasteiger partial charge in [0, 0.05) is 17.1 Å². The van der Waals surface area contributed by atoms with Gasteiger partial charge in [0.2, 0.25) is 0 Å². The molecule has 5 fully saturated rings. The second-order valence-electron chi connectivity index (χ2n) is 20.7. The molecular formula is C65H59N. The third kappa shape index (κ3) is 6.64. The van der Waals surface area contributed by atoms with E-state index in [2.05, 4.69) is 205 Å². The number of rotatable bonds is 9. The van der Waals surface area contributed by atoms with Crippen LogP contribution in [0.25, 0.3) is 33.4 Å². The Hall–Kier alpha value is -6.44. The molecule has 1 nitrogen and oxygen atoms in total. The van der Waals surface area contributed by atoms with Gasteiger partial charge in [-0.1, -0.05) is 183 Å². The van der Waals surface area contributed by atoms with Gasteiger partial charge in [-0.2, -0.15) is 0 Å². The highest BCUT2D eigenvalue weighted by atomic mass is 15.1. The van der Waals surface area contributed by atoms with Gasteiger partial charge in [-0.25, -0.2) is 0 Å². The summed E-state index contributed by atoms with van der Waals surface area (Å²) in [5, 5.41) is 0. The van der Waals surface area contributed by atoms with Crippen molar-refractivity contribution in [3.63, 3.8) is 0 Å². The van der Waals surface area contributed by atoms with Crippen LogP contribution < -0.4 is 4.90 Å². The van der Waals surface area contributed by atoms with E-state index in [9.17, 15) is 0 Å². The molecule has 6 aliphatic rings. The van der Waals surface area contributed by atoms with Crippen LogP contribution in [-0.2, 0) is 5.41 Å². The van der Waals surface area contributed by atoms with Crippen LogP contribution in [0.15, 0.2) is 200 Å². The molecule has 0 aromatic heterocycles. The summed E-state index contributed by atoms with van der Waals surface area (Å²) < 4.78 is 0. The molecule has 14 rings (SSSR count). The van der Waals surface area contributed by atoms with Gasteiger partial charge in [0.05, 0.1) is 5.41 Å². The average molecular weight is 854 g/mol. The Bertz CT molecular complexity index is 2930. The van der Waals surface area contributed by atoms with Gasteiger partial charge >= 0.3 is 0 Å². The Kier molecular flexibility index (Phi) is 9.95. The van der Waals surface area contributed by atoms with Crippen LogP contribution >= 0.6 is 0 Å². The zero-order valence-electron chi connectivity index (χ0n) is 38.0. The Morgan fingerprint density at radius 1 is 0.364 bits per heavy atom. The molecule has 0 radical (unpaired) electrons. The molecule has 0 spiro atoms. The van der Waals surface area contributed by atoms with E-state index in [-0.39, 0.29) is 0 Å². The van der Waals surface area contributed by atoms with E-state index < -0.39 is 5.41 Å². The van der Waals surface area contributed by atoms with Crippen molar-refractivity contribution in [2.24, 2.45) is 23.7 Å². The summed E-state index contributed by atoms with van der Waals surface area (Å²) in [6.45, 7) is 0. The number of hydrogen-bond acceptors (Lipinski definition) is 1. The summed E-state index contributed by atoms with van der Waals surface area (Å²) in [7, 11) is 0.